The maximum atomic E-state index is 11.6. The monoisotopic (exact) mass is 236 g/mol. The molecule has 0 heterocycles. The van der Waals surface area contributed by atoms with Crippen molar-refractivity contribution in [3.05, 3.63) is 49.1 Å². The van der Waals surface area contributed by atoms with Crippen LogP contribution >= 0.6 is 0 Å². The van der Waals surface area contributed by atoms with Gasteiger partial charge in [-0.15, -0.1) is 13.2 Å². The number of hydrogen-bond acceptors (Lipinski definition) is 3. The maximum Gasteiger partial charge on any atom is 0.335 e. The van der Waals surface area contributed by atoms with E-state index >= 15 is 0 Å². The molecule has 0 saturated heterocycles. The normalized spacial score (nSPS) is 11.1. The molecule has 0 rings (SSSR count). The van der Waals surface area contributed by atoms with Gasteiger partial charge in [-0.2, -0.15) is 0 Å². The molecule has 4 nitrogen and oxygen atoms in total. The first-order chi connectivity index (χ1) is 8.08. The lowest BCUT2D eigenvalue weighted by Crippen LogP contribution is -2.14. The van der Waals surface area contributed by atoms with Gasteiger partial charge in [-0.3, -0.25) is 0 Å². The third kappa shape index (κ3) is 4.97. The highest BCUT2D eigenvalue weighted by molar-refractivity contribution is 6.00. The average Bonchev–Trinajstić information content (AvgIpc) is 2.30. The van der Waals surface area contributed by atoms with Gasteiger partial charge in [0.25, 0.3) is 0 Å². The van der Waals surface area contributed by atoms with Gasteiger partial charge in [0.2, 0.25) is 0 Å². The highest BCUT2D eigenvalue weighted by atomic mass is 16.5. The van der Waals surface area contributed by atoms with E-state index in [2.05, 4.69) is 19.7 Å². The number of carbonyl (C=O) groups is 2. The molecule has 0 aliphatic rings. The lowest BCUT2D eigenvalue weighted by molar-refractivity contribution is -0.139. The quantitative estimate of drug-likeness (QED) is 0.399. The lowest BCUT2D eigenvalue weighted by atomic mass is 10.0. The van der Waals surface area contributed by atoms with E-state index < -0.39 is 11.9 Å². The molecule has 0 aliphatic heterocycles. The number of aliphatic carboxylic acids is 1. The third-order valence-electron chi connectivity index (χ3n) is 1.90. The summed E-state index contributed by atoms with van der Waals surface area (Å²) in [5, 5.41) is 9.01. The van der Waals surface area contributed by atoms with Gasteiger partial charge in [0.05, 0.1) is 11.1 Å². The van der Waals surface area contributed by atoms with Gasteiger partial charge in [-0.1, -0.05) is 24.8 Å². The van der Waals surface area contributed by atoms with Crippen LogP contribution in [0.25, 0.3) is 0 Å². The number of rotatable bonds is 8. The van der Waals surface area contributed by atoms with E-state index in [-0.39, 0.29) is 30.6 Å². The summed E-state index contributed by atoms with van der Waals surface area (Å²) in [5.74, 6) is -1.82. The second-order valence-electron chi connectivity index (χ2n) is 3.13. The zero-order valence-corrected chi connectivity index (χ0v) is 9.65. The van der Waals surface area contributed by atoms with E-state index in [1.54, 1.807) is 0 Å². The number of carbonyl (C=O) groups excluding carboxylic acids is 1. The van der Waals surface area contributed by atoms with Crippen LogP contribution in [0.15, 0.2) is 49.1 Å². The number of hydrogen-bond donors (Lipinski definition) is 1. The van der Waals surface area contributed by atoms with Crippen LogP contribution in [0.4, 0.5) is 0 Å². The van der Waals surface area contributed by atoms with Gasteiger partial charge in [-0.25, -0.2) is 9.59 Å². The van der Waals surface area contributed by atoms with E-state index in [0.29, 0.717) is 0 Å². The molecule has 92 valence electrons. The Labute approximate surface area is 101 Å². The van der Waals surface area contributed by atoms with Crippen LogP contribution < -0.4 is 0 Å². The van der Waals surface area contributed by atoms with Crippen LogP contribution in [0.2, 0.25) is 0 Å². The van der Waals surface area contributed by atoms with Gasteiger partial charge in [0.1, 0.15) is 6.61 Å². The zero-order chi connectivity index (χ0) is 13.3. The fraction of sp³-hybridized carbons (Fsp3) is 0.231. The predicted octanol–water partition coefficient (Wildman–Crippen LogP) is 2.25. The number of allylic oxidation sites excluding steroid dienone is 2. The summed E-state index contributed by atoms with van der Waals surface area (Å²) >= 11 is 0. The topological polar surface area (TPSA) is 63.6 Å². The number of carboxylic acids is 1. The molecule has 17 heavy (non-hydrogen) atoms. The Morgan fingerprint density at radius 3 is 1.94 bits per heavy atom. The van der Waals surface area contributed by atoms with Crippen LogP contribution in [-0.2, 0) is 14.3 Å². The minimum atomic E-state index is -1.16. The Kier molecular flexibility index (Phi) is 7.10. The van der Waals surface area contributed by atoms with Crippen molar-refractivity contribution in [3.8, 4) is 0 Å². The van der Waals surface area contributed by atoms with Crippen LogP contribution in [0.3, 0.4) is 0 Å². The molecule has 0 spiro atoms. The summed E-state index contributed by atoms with van der Waals surface area (Å²) in [4.78, 5) is 22.7. The summed E-state index contributed by atoms with van der Waals surface area (Å²) in [6.45, 7) is 10.4. The molecule has 0 radical (unpaired) electrons. The van der Waals surface area contributed by atoms with Gasteiger partial charge >= 0.3 is 11.9 Å². The van der Waals surface area contributed by atoms with Crippen molar-refractivity contribution in [2.24, 2.45) is 0 Å². The summed E-state index contributed by atoms with van der Waals surface area (Å²) in [6.07, 6.45) is 4.54. The summed E-state index contributed by atoms with van der Waals surface area (Å²) in [6, 6.07) is 0. The molecule has 0 fully saturated rings. The molecule has 0 unspecified atom stereocenters. The molecule has 0 aromatic heterocycles. The van der Waals surface area contributed by atoms with Crippen LogP contribution in [0.5, 0.6) is 0 Å². The molecule has 0 saturated carbocycles. The molecule has 1 N–H and O–H groups in total. The van der Waals surface area contributed by atoms with Gasteiger partial charge in [0, 0.05) is 0 Å². The third-order valence-corrected chi connectivity index (χ3v) is 1.90. The molecule has 4 heteroatoms. The Balaban J connectivity index is 5.23. The molecular weight excluding hydrogens is 220 g/mol. The standard InChI is InChI=1S/C13H16O4/c1-4-7-10(12(14)15)11(8-5-2)13(16)17-9-6-3/h4-6H,1-3,7-9H2,(H,14,15)/b11-10-. The Hall–Kier alpha value is -2.10. The van der Waals surface area contributed by atoms with E-state index in [1.165, 1.54) is 18.2 Å². The van der Waals surface area contributed by atoms with E-state index in [0.717, 1.165) is 0 Å². The van der Waals surface area contributed by atoms with Gasteiger partial charge < -0.3 is 9.84 Å². The molecule has 0 aliphatic carbocycles. The molecule has 0 bridgehead atoms. The first kappa shape index (κ1) is 14.9. The lowest BCUT2D eigenvalue weighted by Gasteiger charge is -2.08. The second-order valence-corrected chi connectivity index (χ2v) is 3.13. The van der Waals surface area contributed by atoms with Crippen molar-refractivity contribution in [1.82, 2.24) is 0 Å². The summed E-state index contributed by atoms with van der Waals surface area (Å²) in [5.41, 5.74) is 0.0724. The Morgan fingerprint density at radius 2 is 1.53 bits per heavy atom. The van der Waals surface area contributed by atoms with Crippen molar-refractivity contribution in [3.63, 3.8) is 0 Å². The summed E-state index contributed by atoms with van der Waals surface area (Å²) in [7, 11) is 0. The van der Waals surface area contributed by atoms with Gasteiger partial charge in [-0.05, 0) is 12.8 Å². The van der Waals surface area contributed by atoms with Crippen LogP contribution in [0.1, 0.15) is 12.8 Å². The highest BCUT2D eigenvalue weighted by Gasteiger charge is 2.19. The number of carboxylic acid groups (broad SMARTS) is 1. The Morgan fingerprint density at radius 1 is 1.00 bits per heavy atom. The fourth-order valence-corrected chi connectivity index (χ4v) is 1.18. The molecule has 0 aromatic rings. The van der Waals surface area contributed by atoms with Crippen molar-refractivity contribution in [1.29, 1.82) is 0 Å². The zero-order valence-electron chi connectivity index (χ0n) is 9.65. The predicted molar refractivity (Wildman–Crippen MR) is 65.4 cm³/mol. The molecular formula is C13H16O4. The highest BCUT2D eigenvalue weighted by Crippen LogP contribution is 2.16. The smallest absolute Gasteiger partial charge is 0.335 e. The van der Waals surface area contributed by atoms with Gasteiger partial charge in [0.15, 0.2) is 0 Å². The fourth-order valence-electron chi connectivity index (χ4n) is 1.18. The minimum absolute atomic E-state index is 0.0195. The SMILES string of the molecule is C=CCOC(=O)/C(CC=C)=C(/CC=C)C(=O)O. The second kappa shape index (κ2) is 8.10. The van der Waals surface area contributed by atoms with Crippen LogP contribution in [-0.4, -0.2) is 23.7 Å². The summed E-state index contributed by atoms with van der Waals surface area (Å²) < 4.78 is 4.82. The van der Waals surface area contributed by atoms with Crippen LogP contribution in [0, 0.1) is 0 Å². The Bertz CT molecular complexity index is 364. The van der Waals surface area contributed by atoms with Crippen molar-refractivity contribution >= 4 is 11.9 Å². The van der Waals surface area contributed by atoms with E-state index in [9.17, 15) is 9.59 Å². The first-order valence-corrected chi connectivity index (χ1v) is 5.03. The number of ether oxygens (including phenoxy) is 1. The largest absolute Gasteiger partial charge is 0.478 e. The number of esters is 1. The maximum absolute atomic E-state index is 11.6. The average molecular weight is 236 g/mol. The van der Waals surface area contributed by atoms with Crippen molar-refractivity contribution < 1.29 is 19.4 Å². The molecule has 0 atom stereocenters. The van der Waals surface area contributed by atoms with E-state index in [1.807, 2.05) is 0 Å². The molecule has 0 amide bonds. The first-order valence-electron chi connectivity index (χ1n) is 5.03. The van der Waals surface area contributed by atoms with Crippen molar-refractivity contribution in [2.75, 3.05) is 6.61 Å². The van der Waals surface area contributed by atoms with E-state index in [4.69, 9.17) is 9.84 Å². The molecule has 0 aromatic carbocycles. The minimum Gasteiger partial charge on any atom is -0.478 e. The van der Waals surface area contributed by atoms with Crippen molar-refractivity contribution in [2.45, 2.75) is 12.8 Å².